The summed E-state index contributed by atoms with van der Waals surface area (Å²) in [6.07, 6.45) is 3.93. The van der Waals surface area contributed by atoms with Gasteiger partial charge in [0.15, 0.2) is 0 Å². The van der Waals surface area contributed by atoms with Gasteiger partial charge in [0.1, 0.15) is 0 Å². The molecule has 0 spiro atoms. The van der Waals surface area contributed by atoms with E-state index in [-0.39, 0.29) is 17.5 Å². The number of nitrogens with zero attached hydrogens (tertiary/aromatic N) is 3. The van der Waals surface area contributed by atoms with Crippen LogP contribution in [0.25, 0.3) is 10.9 Å². The molecule has 1 aromatic carbocycles. The number of rotatable bonds is 4. The number of thiophene rings is 1. The van der Waals surface area contributed by atoms with Gasteiger partial charge >= 0.3 is 0 Å². The van der Waals surface area contributed by atoms with Crippen LogP contribution in [0.2, 0.25) is 0 Å². The lowest BCUT2D eigenvalue weighted by Crippen LogP contribution is -2.32. The summed E-state index contributed by atoms with van der Waals surface area (Å²) in [5, 5.41) is 2.66. The Labute approximate surface area is 155 Å². The Hall–Kier alpha value is -2.47. The zero-order valence-electron chi connectivity index (χ0n) is 14.7. The van der Waals surface area contributed by atoms with Crippen molar-refractivity contribution in [1.29, 1.82) is 0 Å². The maximum absolute atomic E-state index is 12.7. The molecule has 5 nitrogen and oxygen atoms in total. The number of hydrogen-bond acceptors (Lipinski definition) is 4. The minimum Gasteiger partial charge on any atom is -0.335 e. The molecule has 0 N–H and O–H groups in total. The van der Waals surface area contributed by atoms with E-state index in [2.05, 4.69) is 16.4 Å². The quantitative estimate of drug-likeness (QED) is 0.709. The Morgan fingerprint density at radius 2 is 2.19 bits per heavy atom. The van der Waals surface area contributed by atoms with Crippen LogP contribution in [0.1, 0.15) is 35.7 Å². The number of carbonyl (C=O) groups is 1. The van der Waals surface area contributed by atoms with Gasteiger partial charge in [-0.3, -0.25) is 14.2 Å². The molecule has 0 aliphatic carbocycles. The molecule has 26 heavy (non-hydrogen) atoms. The molecule has 3 heterocycles. The first-order valence-electron chi connectivity index (χ1n) is 8.93. The summed E-state index contributed by atoms with van der Waals surface area (Å²) in [5.74, 6) is 0.108. The van der Waals surface area contributed by atoms with Gasteiger partial charge in [-0.05, 0) is 42.8 Å². The third-order valence-corrected chi connectivity index (χ3v) is 6.04. The molecular formula is C20H21N3O2S. The number of likely N-dealkylation sites (tertiary alicyclic amines) is 1. The van der Waals surface area contributed by atoms with Crippen LogP contribution in [0.15, 0.2) is 46.8 Å². The Bertz CT molecular complexity index is 994. The number of amides is 1. The topological polar surface area (TPSA) is 55.2 Å². The molecule has 4 rings (SSSR count). The van der Waals surface area contributed by atoms with E-state index in [9.17, 15) is 9.59 Å². The van der Waals surface area contributed by atoms with Crippen LogP contribution in [-0.2, 0) is 11.3 Å². The van der Waals surface area contributed by atoms with E-state index in [1.54, 1.807) is 28.3 Å². The molecule has 1 aliphatic heterocycles. The summed E-state index contributed by atoms with van der Waals surface area (Å²) in [7, 11) is 0. The highest BCUT2D eigenvalue weighted by atomic mass is 32.1. The molecule has 1 unspecified atom stereocenters. The molecule has 1 aliphatic rings. The van der Waals surface area contributed by atoms with Crippen molar-refractivity contribution in [2.75, 3.05) is 6.54 Å². The standard InChI is InChI=1S/C20H21N3O2S/c1-14-5-2-6-15-19(14)21-13-22(20(15)25)11-9-18(24)23-10-3-7-16(23)17-8-4-12-26-17/h2,4-6,8,12-13,16H,3,7,9-11H2,1H3. The summed E-state index contributed by atoms with van der Waals surface area (Å²) in [4.78, 5) is 33.0. The molecule has 1 saturated heterocycles. The van der Waals surface area contributed by atoms with Crippen molar-refractivity contribution in [3.8, 4) is 0 Å². The Kier molecular flexibility index (Phi) is 4.59. The number of aryl methyl sites for hydroxylation is 2. The number of fused-ring (bicyclic) bond motifs is 1. The van der Waals surface area contributed by atoms with Gasteiger partial charge in [-0.15, -0.1) is 11.3 Å². The van der Waals surface area contributed by atoms with Gasteiger partial charge in [-0.25, -0.2) is 4.98 Å². The highest BCUT2D eigenvalue weighted by Gasteiger charge is 2.30. The molecule has 0 saturated carbocycles. The SMILES string of the molecule is Cc1cccc2c(=O)n(CCC(=O)N3CCCC3c3cccs3)cnc12. The van der Waals surface area contributed by atoms with Crippen LogP contribution in [0.5, 0.6) is 0 Å². The summed E-state index contributed by atoms with van der Waals surface area (Å²) in [5.41, 5.74) is 1.64. The second-order valence-electron chi connectivity index (χ2n) is 6.72. The third kappa shape index (κ3) is 3.05. The van der Waals surface area contributed by atoms with Gasteiger partial charge in [0, 0.05) is 24.4 Å². The van der Waals surface area contributed by atoms with Gasteiger partial charge in [0.05, 0.1) is 23.3 Å². The Morgan fingerprint density at radius 3 is 3.00 bits per heavy atom. The van der Waals surface area contributed by atoms with Crippen molar-refractivity contribution in [2.24, 2.45) is 0 Å². The first-order chi connectivity index (χ1) is 12.6. The lowest BCUT2D eigenvalue weighted by molar-refractivity contribution is -0.132. The number of carbonyl (C=O) groups excluding carboxylic acids is 1. The number of benzene rings is 1. The fourth-order valence-corrected chi connectivity index (χ4v) is 4.57. The lowest BCUT2D eigenvalue weighted by atomic mass is 10.1. The van der Waals surface area contributed by atoms with Crippen LogP contribution in [0, 0.1) is 6.92 Å². The van der Waals surface area contributed by atoms with Crippen molar-refractivity contribution < 1.29 is 4.79 Å². The monoisotopic (exact) mass is 367 g/mol. The van der Waals surface area contributed by atoms with E-state index in [0.29, 0.717) is 18.4 Å². The van der Waals surface area contributed by atoms with E-state index < -0.39 is 0 Å². The van der Waals surface area contributed by atoms with Crippen molar-refractivity contribution >= 4 is 28.1 Å². The summed E-state index contributed by atoms with van der Waals surface area (Å²) in [6.45, 7) is 3.11. The van der Waals surface area contributed by atoms with Gasteiger partial charge in [0.25, 0.3) is 5.56 Å². The van der Waals surface area contributed by atoms with E-state index in [4.69, 9.17) is 0 Å². The molecule has 1 fully saturated rings. The van der Waals surface area contributed by atoms with Gasteiger partial charge < -0.3 is 4.90 Å². The summed E-state index contributed by atoms with van der Waals surface area (Å²) < 4.78 is 1.55. The highest BCUT2D eigenvalue weighted by Crippen LogP contribution is 2.34. The smallest absolute Gasteiger partial charge is 0.261 e. The minimum absolute atomic E-state index is 0.0808. The van der Waals surface area contributed by atoms with Crippen molar-refractivity contribution in [3.63, 3.8) is 0 Å². The third-order valence-electron chi connectivity index (χ3n) is 5.07. The van der Waals surface area contributed by atoms with Crippen LogP contribution in [0.3, 0.4) is 0 Å². The van der Waals surface area contributed by atoms with Crippen molar-refractivity contribution in [2.45, 2.75) is 38.8 Å². The van der Waals surface area contributed by atoms with Gasteiger partial charge in [-0.2, -0.15) is 0 Å². The zero-order chi connectivity index (χ0) is 18.1. The molecule has 134 valence electrons. The maximum atomic E-state index is 12.7. The molecular weight excluding hydrogens is 346 g/mol. The van der Waals surface area contributed by atoms with Crippen molar-refractivity contribution in [3.05, 3.63) is 62.8 Å². The second-order valence-corrected chi connectivity index (χ2v) is 7.70. The second kappa shape index (κ2) is 7.03. The van der Waals surface area contributed by atoms with E-state index in [0.717, 1.165) is 30.5 Å². The Morgan fingerprint density at radius 1 is 1.31 bits per heavy atom. The van der Waals surface area contributed by atoms with Crippen LogP contribution >= 0.6 is 11.3 Å². The highest BCUT2D eigenvalue weighted by molar-refractivity contribution is 7.10. The predicted molar refractivity (Wildman–Crippen MR) is 103 cm³/mol. The van der Waals surface area contributed by atoms with Gasteiger partial charge in [0.2, 0.25) is 5.91 Å². The summed E-state index contributed by atoms with van der Waals surface area (Å²) in [6, 6.07) is 9.93. The molecule has 0 bridgehead atoms. The van der Waals surface area contributed by atoms with E-state index >= 15 is 0 Å². The molecule has 6 heteroatoms. The number of hydrogen-bond donors (Lipinski definition) is 0. The largest absolute Gasteiger partial charge is 0.335 e. The van der Waals surface area contributed by atoms with E-state index in [1.807, 2.05) is 30.0 Å². The zero-order valence-corrected chi connectivity index (χ0v) is 15.5. The predicted octanol–water partition coefficient (Wildman–Crippen LogP) is 3.52. The normalized spacial score (nSPS) is 17.1. The molecule has 3 aromatic rings. The lowest BCUT2D eigenvalue weighted by Gasteiger charge is -2.24. The van der Waals surface area contributed by atoms with Crippen LogP contribution in [-0.4, -0.2) is 26.9 Å². The number of aromatic nitrogens is 2. The van der Waals surface area contributed by atoms with Gasteiger partial charge in [-0.1, -0.05) is 18.2 Å². The first-order valence-corrected chi connectivity index (χ1v) is 9.81. The molecule has 0 radical (unpaired) electrons. The summed E-state index contributed by atoms with van der Waals surface area (Å²) >= 11 is 1.70. The maximum Gasteiger partial charge on any atom is 0.261 e. The van der Waals surface area contributed by atoms with Crippen molar-refractivity contribution in [1.82, 2.24) is 14.5 Å². The minimum atomic E-state index is -0.0808. The molecule has 1 atom stereocenters. The van der Waals surface area contributed by atoms with E-state index in [1.165, 1.54) is 4.88 Å². The van der Waals surface area contributed by atoms with Crippen LogP contribution < -0.4 is 5.56 Å². The Balaban J connectivity index is 1.50. The number of para-hydroxylation sites is 1. The molecule has 1 amide bonds. The average molecular weight is 367 g/mol. The fourth-order valence-electron chi connectivity index (χ4n) is 3.70. The first kappa shape index (κ1) is 17.0. The average Bonchev–Trinajstić information content (AvgIpc) is 3.32. The molecule has 2 aromatic heterocycles. The van der Waals surface area contributed by atoms with Crippen LogP contribution in [0.4, 0.5) is 0 Å². The fraction of sp³-hybridized carbons (Fsp3) is 0.350.